The summed E-state index contributed by atoms with van der Waals surface area (Å²) in [5.74, 6) is 9.47. The molecule has 4 aromatic rings. The van der Waals surface area contributed by atoms with Crippen LogP contribution in [0.25, 0.3) is 11.1 Å². The fraction of sp³-hybridized carbons (Fsp3) is 0.216. The lowest BCUT2D eigenvalue weighted by atomic mass is 9.95. The molecule has 0 radical (unpaired) electrons. The molecule has 0 unspecified atom stereocenters. The number of anilines is 2. The number of amides is 1. The first-order valence-corrected chi connectivity index (χ1v) is 13.8. The van der Waals surface area contributed by atoms with Gasteiger partial charge in [-0.1, -0.05) is 66.3 Å². The normalized spacial score (nSPS) is 12.0. The van der Waals surface area contributed by atoms with E-state index in [-0.39, 0.29) is 18.0 Å². The second kappa shape index (κ2) is 11.2. The molecule has 0 saturated heterocycles. The van der Waals surface area contributed by atoms with Gasteiger partial charge >= 0.3 is 0 Å². The van der Waals surface area contributed by atoms with Crippen molar-refractivity contribution in [1.29, 1.82) is 0 Å². The Morgan fingerprint density at radius 2 is 1.55 bits per heavy atom. The molecule has 0 fully saturated rings. The number of hydrogen-bond acceptors (Lipinski definition) is 2. The Morgan fingerprint density at radius 3 is 2.30 bits per heavy atom. The van der Waals surface area contributed by atoms with E-state index < -0.39 is 0 Å². The Kier molecular flexibility index (Phi) is 7.50. The number of para-hydroxylation sites is 1. The van der Waals surface area contributed by atoms with Crippen molar-refractivity contribution in [2.45, 2.75) is 53.2 Å². The molecule has 1 heterocycles. The van der Waals surface area contributed by atoms with Crippen molar-refractivity contribution in [3.8, 4) is 35.3 Å². The van der Waals surface area contributed by atoms with Crippen LogP contribution >= 0.6 is 0 Å². The fourth-order valence-electron chi connectivity index (χ4n) is 5.29. The van der Waals surface area contributed by atoms with Crippen molar-refractivity contribution < 1.29 is 4.79 Å². The second-order valence-corrected chi connectivity index (χ2v) is 10.8. The van der Waals surface area contributed by atoms with Gasteiger partial charge in [0.1, 0.15) is 0 Å². The lowest BCUT2D eigenvalue weighted by molar-refractivity contribution is 0.0979. The number of fused-ring (bicyclic) bond motifs is 2. The van der Waals surface area contributed by atoms with E-state index in [0.29, 0.717) is 11.1 Å². The minimum Gasteiger partial charge on any atom is -0.364 e. The van der Waals surface area contributed by atoms with Crippen LogP contribution in [-0.4, -0.2) is 18.0 Å². The zero-order valence-electron chi connectivity index (χ0n) is 23.8. The minimum absolute atomic E-state index is 0.0606. The molecule has 4 aromatic carbocycles. The predicted molar refractivity (Wildman–Crippen MR) is 167 cm³/mol. The summed E-state index contributed by atoms with van der Waals surface area (Å²) < 4.78 is 0. The molecule has 1 aliphatic rings. The maximum absolute atomic E-state index is 14.1. The molecule has 0 bridgehead atoms. The van der Waals surface area contributed by atoms with E-state index in [4.69, 9.17) is 6.42 Å². The lowest BCUT2D eigenvalue weighted by Gasteiger charge is -2.32. The first kappa shape index (κ1) is 26.9. The first-order chi connectivity index (χ1) is 19.3. The number of benzene rings is 4. The predicted octanol–water partition coefficient (Wildman–Crippen LogP) is 7.83. The first-order valence-electron chi connectivity index (χ1n) is 13.8. The minimum atomic E-state index is -0.0671. The molecule has 5 rings (SSSR count). The van der Waals surface area contributed by atoms with Crippen LogP contribution in [0.4, 0.5) is 11.4 Å². The maximum Gasteiger partial charge on any atom is 0.258 e. The number of terminal acetylenes is 1. The number of aryl methyl sites for hydroxylation is 1. The summed E-state index contributed by atoms with van der Waals surface area (Å²) in [6.45, 7) is 11.2. The molecule has 0 atom stereocenters. The third kappa shape index (κ3) is 5.12. The average Bonchev–Trinajstić information content (AvgIpc) is 2.94. The van der Waals surface area contributed by atoms with Gasteiger partial charge in [0.2, 0.25) is 0 Å². The molecule has 0 aliphatic carbocycles. The average molecular weight is 523 g/mol. The Hall–Kier alpha value is -4.73. The fourth-order valence-corrected chi connectivity index (χ4v) is 5.29. The van der Waals surface area contributed by atoms with Gasteiger partial charge in [-0.25, -0.2) is 0 Å². The topological polar surface area (TPSA) is 23.6 Å². The van der Waals surface area contributed by atoms with Crippen LogP contribution in [0.15, 0.2) is 84.9 Å². The van der Waals surface area contributed by atoms with Crippen LogP contribution < -0.4 is 9.80 Å². The summed E-state index contributed by atoms with van der Waals surface area (Å²) in [7, 11) is 0. The van der Waals surface area contributed by atoms with Crippen molar-refractivity contribution in [1.82, 2.24) is 0 Å². The van der Waals surface area contributed by atoms with Crippen LogP contribution in [0.3, 0.4) is 0 Å². The van der Waals surface area contributed by atoms with Gasteiger partial charge in [-0.05, 0) is 93.3 Å². The van der Waals surface area contributed by atoms with E-state index in [1.54, 1.807) is 4.90 Å². The van der Waals surface area contributed by atoms with Gasteiger partial charge in [-0.15, -0.1) is 6.42 Å². The highest BCUT2D eigenvalue weighted by Crippen LogP contribution is 2.33. The molecule has 0 spiro atoms. The van der Waals surface area contributed by atoms with Crippen LogP contribution in [0.5, 0.6) is 0 Å². The largest absolute Gasteiger partial charge is 0.364 e. The zero-order valence-corrected chi connectivity index (χ0v) is 23.8. The summed E-state index contributed by atoms with van der Waals surface area (Å²) in [5.41, 5.74) is 9.50. The molecular formula is C37H34N2O. The van der Waals surface area contributed by atoms with Crippen molar-refractivity contribution in [3.05, 3.63) is 118 Å². The molecule has 40 heavy (non-hydrogen) atoms. The molecule has 1 aliphatic heterocycles. The standard InChI is InChI=1S/C37H34N2O/c1-7-28-12-10-11-15-35(28)39(26(4)5)37(40)34-22-31(17-16-27(34)6)32-21-20-30-19-18-29-13-8-9-14-33(29)24-38(25(2)3)36(30)23-32/h1,8-17,20-23,25-26H,24H2,2-6H3. The van der Waals surface area contributed by atoms with Crippen molar-refractivity contribution in [2.75, 3.05) is 9.80 Å². The second-order valence-electron chi connectivity index (χ2n) is 10.8. The number of rotatable bonds is 5. The number of hydrogen-bond donors (Lipinski definition) is 0. The van der Waals surface area contributed by atoms with E-state index >= 15 is 0 Å². The van der Waals surface area contributed by atoms with E-state index in [9.17, 15) is 4.79 Å². The highest BCUT2D eigenvalue weighted by Gasteiger charge is 2.25. The smallest absolute Gasteiger partial charge is 0.258 e. The highest BCUT2D eigenvalue weighted by molar-refractivity contribution is 6.08. The van der Waals surface area contributed by atoms with E-state index in [1.807, 2.05) is 63.2 Å². The van der Waals surface area contributed by atoms with Crippen LogP contribution in [0.1, 0.15) is 65.9 Å². The Morgan fingerprint density at radius 1 is 0.875 bits per heavy atom. The monoisotopic (exact) mass is 522 g/mol. The lowest BCUT2D eigenvalue weighted by Crippen LogP contribution is -2.38. The van der Waals surface area contributed by atoms with Gasteiger partial charge in [-0.2, -0.15) is 0 Å². The van der Waals surface area contributed by atoms with Crippen LogP contribution in [0.2, 0.25) is 0 Å². The summed E-state index contributed by atoms with van der Waals surface area (Å²) in [6, 6.07) is 28.7. The van der Waals surface area contributed by atoms with Crippen LogP contribution in [0, 0.1) is 31.1 Å². The number of nitrogens with zero attached hydrogens (tertiary/aromatic N) is 2. The summed E-state index contributed by atoms with van der Waals surface area (Å²) in [5, 5.41) is 0. The molecule has 3 heteroatoms. The third-order valence-corrected chi connectivity index (χ3v) is 7.48. The Balaban J connectivity index is 1.58. The third-order valence-electron chi connectivity index (χ3n) is 7.48. The molecule has 0 N–H and O–H groups in total. The highest BCUT2D eigenvalue weighted by atomic mass is 16.2. The maximum atomic E-state index is 14.1. The van der Waals surface area contributed by atoms with Gasteiger partial charge in [-0.3, -0.25) is 4.79 Å². The van der Waals surface area contributed by atoms with Crippen molar-refractivity contribution in [3.63, 3.8) is 0 Å². The summed E-state index contributed by atoms with van der Waals surface area (Å²) >= 11 is 0. The van der Waals surface area contributed by atoms with E-state index in [2.05, 4.69) is 79.0 Å². The summed E-state index contributed by atoms with van der Waals surface area (Å²) in [4.78, 5) is 18.3. The zero-order chi connectivity index (χ0) is 28.4. The molecule has 1 amide bonds. The van der Waals surface area contributed by atoms with Gasteiger partial charge in [0, 0.05) is 40.9 Å². The molecule has 0 aromatic heterocycles. The number of carbonyl (C=O) groups excluding carboxylic acids is 1. The summed E-state index contributed by atoms with van der Waals surface area (Å²) in [6.07, 6.45) is 5.79. The molecule has 3 nitrogen and oxygen atoms in total. The Labute approximate surface area is 238 Å². The molecule has 0 saturated carbocycles. The van der Waals surface area contributed by atoms with Crippen LogP contribution in [-0.2, 0) is 6.54 Å². The van der Waals surface area contributed by atoms with Crippen molar-refractivity contribution in [2.24, 2.45) is 0 Å². The molecule has 198 valence electrons. The quantitative estimate of drug-likeness (QED) is 0.249. The Bertz CT molecular complexity index is 1690. The SMILES string of the molecule is C#Cc1ccccc1N(C(=O)c1cc(-c2ccc3c(c2)N(C(C)C)Cc2ccccc2C#C3)ccc1C)C(C)C. The molecular weight excluding hydrogens is 488 g/mol. The van der Waals surface area contributed by atoms with Gasteiger partial charge in [0.25, 0.3) is 5.91 Å². The number of carbonyl (C=O) groups is 1. The van der Waals surface area contributed by atoms with E-state index in [0.717, 1.165) is 45.7 Å². The van der Waals surface area contributed by atoms with Gasteiger partial charge in [0.15, 0.2) is 0 Å². The van der Waals surface area contributed by atoms with Gasteiger partial charge < -0.3 is 9.80 Å². The van der Waals surface area contributed by atoms with Gasteiger partial charge in [0.05, 0.1) is 11.4 Å². The van der Waals surface area contributed by atoms with Crippen molar-refractivity contribution >= 4 is 17.3 Å². The van der Waals surface area contributed by atoms with E-state index in [1.165, 1.54) is 5.56 Å².